The Morgan fingerprint density at radius 2 is 1.92 bits per heavy atom. The van der Waals surface area contributed by atoms with Gasteiger partial charge in [-0.15, -0.1) is 0 Å². The summed E-state index contributed by atoms with van der Waals surface area (Å²) in [6, 6.07) is 8.08. The molecule has 1 amide bonds. The molecule has 3 aromatic rings. The van der Waals surface area contributed by atoms with E-state index in [2.05, 4.69) is 54.9 Å². The van der Waals surface area contributed by atoms with E-state index in [-0.39, 0.29) is 11.4 Å². The Morgan fingerprint density at radius 1 is 1.20 bits per heavy atom. The molecule has 0 radical (unpaired) electrons. The third-order valence-electron chi connectivity index (χ3n) is 4.52. The molecule has 0 aliphatic heterocycles. The number of benzene rings is 1. The summed E-state index contributed by atoms with van der Waals surface area (Å²) in [5, 5.41) is 8.71. The van der Waals surface area contributed by atoms with Crippen LogP contribution in [0.3, 0.4) is 0 Å². The zero-order valence-corrected chi connectivity index (χ0v) is 15.8. The molecule has 0 saturated heterocycles. The molecule has 0 bridgehead atoms. The number of amides is 1. The largest absolute Gasteiger partial charge is 0.348 e. The molecule has 2 aromatic heterocycles. The summed E-state index contributed by atoms with van der Waals surface area (Å²) in [5.41, 5.74) is 4.11. The van der Waals surface area contributed by atoms with Gasteiger partial charge >= 0.3 is 0 Å². The van der Waals surface area contributed by atoms with Crippen molar-refractivity contribution in [2.45, 2.75) is 53.6 Å². The number of carbonyl (C=O) groups is 1. The van der Waals surface area contributed by atoms with Gasteiger partial charge in [0.05, 0.1) is 16.8 Å². The smallest absolute Gasteiger partial charge is 0.259 e. The van der Waals surface area contributed by atoms with Crippen LogP contribution in [0.15, 0.2) is 30.5 Å². The molecule has 0 unspecified atom stereocenters. The first kappa shape index (κ1) is 17.3. The lowest BCUT2D eigenvalue weighted by atomic mass is 10.1. The van der Waals surface area contributed by atoms with Gasteiger partial charge in [-0.05, 0) is 65.8 Å². The maximum atomic E-state index is 12.8. The fraction of sp³-hybridized carbons (Fsp3) is 0.400. The van der Waals surface area contributed by atoms with E-state index >= 15 is 0 Å². The summed E-state index contributed by atoms with van der Waals surface area (Å²) in [4.78, 5) is 12.8. The van der Waals surface area contributed by atoms with Gasteiger partial charge in [-0.2, -0.15) is 5.10 Å². The number of anilines is 1. The Kier molecular flexibility index (Phi) is 4.19. The lowest BCUT2D eigenvalue weighted by Crippen LogP contribution is -2.25. The van der Waals surface area contributed by atoms with Gasteiger partial charge in [-0.25, -0.2) is 0 Å². The zero-order valence-electron chi connectivity index (χ0n) is 15.8. The van der Waals surface area contributed by atoms with Gasteiger partial charge < -0.3 is 9.88 Å². The van der Waals surface area contributed by atoms with E-state index in [9.17, 15) is 4.79 Å². The number of carbonyl (C=O) groups excluding carboxylic acids is 1. The van der Waals surface area contributed by atoms with Crippen LogP contribution >= 0.6 is 0 Å². The summed E-state index contributed by atoms with van der Waals surface area (Å²) in [6.07, 6.45) is 2.07. The third kappa shape index (κ3) is 3.06. The molecule has 1 aromatic carbocycles. The van der Waals surface area contributed by atoms with Crippen molar-refractivity contribution in [3.05, 3.63) is 47.4 Å². The molecule has 132 valence electrons. The van der Waals surface area contributed by atoms with Crippen molar-refractivity contribution in [1.29, 1.82) is 0 Å². The second-order valence-corrected chi connectivity index (χ2v) is 7.46. The minimum absolute atomic E-state index is 0.111. The molecule has 25 heavy (non-hydrogen) atoms. The zero-order chi connectivity index (χ0) is 18.4. The number of hydrogen-bond acceptors (Lipinski definition) is 2. The molecule has 3 rings (SSSR count). The first-order valence-corrected chi connectivity index (χ1v) is 8.69. The van der Waals surface area contributed by atoms with Crippen LogP contribution in [-0.2, 0) is 12.1 Å². The fourth-order valence-corrected chi connectivity index (χ4v) is 3.37. The molecule has 0 aliphatic rings. The van der Waals surface area contributed by atoms with Gasteiger partial charge in [0.2, 0.25) is 0 Å². The fourth-order valence-electron chi connectivity index (χ4n) is 3.37. The predicted molar refractivity (Wildman–Crippen MR) is 102 cm³/mol. The Balaban J connectivity index is 1.91. The second kappa shape index (κ2) is 6.06. The second-order valence-electron chi connectivity index (χ2n) is 7.46. The van der Waals surface area contributed by atoms with E-state index in [1.54, 1.807) is 0 Å². The number of nitrogens with zero attached hydrogens (tertiary/aromatic N) is 3. The third-order valence-corrected chi connectivity index (χ3v) is 4.52. The highest BCUT2D eigenvalue weighted by Crippen LogP contribution is 2.24. The van der Waals surface area contributed by atoms with Gasteiger partial charge in [0.25, 0.3) is 5.91 Å². The molecular formula is C20H26N4O. The van der Waals surface area contributed by atoms with Gasteiger partial charge in [-0.3, -0.25) is 9.48 Å². The molecule has 5 heteroatoms. The monoisotopic (exact) mass is 338 g/mol. The van der Waals surface area contributed by atoms with Crippen LogP contribution in [-0.4, -0.2) is 20.3 Å². The standard InChI is InChI=1S/C20H26N4O/c1-7-23-11-10-15-12-16(8-9-17(15)23)21-19(25)18-13(2)22-24(14(18)3)20(4,5)6/h8-12H,7H2,1-6H3,(H,21,25). The van der Waals surface area contributed by atoms with Crippen LogP contribution in [0.5, 0.6) is 0 Å². The number of rotatable bonds is 3. The normalized spacial score (nSPS) is 11.9. The molecule has 1 N–H and O–H groups in total. The Morgan fingerprint density at radius 3 is 2.52 bits per heavy atom. The van der Waals surface area contributed by atoms with E-state index in [0.717, 1.165) is 29.0 Å². The Labute approximate surface area is 148 Å². The molecule has 0 fully saturated rings. The summed E-state index contributed by atoms with van der Waals surface area (Å²) in [5.74, 6) is -0.111. The van der Waals surface area contributed by atoms with Crippen LogP contribution in [0.2, 0.25) is 0 Å². The van der Waals surface area contributed by atoms with E-state index in [0.29, 0.717) is 5.56 Å². The van der Waals surface area contributed by atoms with E-state index < -0.39 is 0 Å². The molecule has 2 heterocycles. The summed E-state index contributed by atoms with van der Waals surface area (Å²) in [7, 11) is 0. The summed E-state index contributed by atoms with van der Waals surface area (Å²) >= 11 is 0. The average molecular weight is 338 g/mol. The van der Waals surface area contributed by atoms with Crippen LogP contribution in [0.4, 0.5) is 5.69 Å². The van der Waals surface area contributed by atoms with Gasteiger partial charge in [0.15, 0.2) is 0 Å². The number of aryl methyl sites for hydroxylation is 2. The van der Waals surface area contributed by atoms with E-state index in [1.807, 2.05) is 36.7 Å². The lowest BCUT2D eigenvalue weighted by Gasteiger charge is -2.21. The summed E-state index contributed by atoms with van der Waals surface area (Å²) < 4.78 is 4.10. The first-order valence-electron chi connectivity index (χ1n) is 8.69. The van der Waals surface area contributed by atoms with Crippen molar-refractivity contribution in [2.24, 2.45) is 0 Å². The molecular weight excluding hydrogens is 312 g/mol. The van der Waals surface area contributed by atoms with E-state index in [4.69, 9.17) is 0 Å². The van der Waals surface area contributed by atoms with Crippen molar-refractivity contribution in [2.75, 3.05) is 5.32 Å². The van der Waals surface area contributed by atoms with Crippen LogP contribution in [0.1, 0.15) is 49.4 Å². The van der Waals surface area contributed by atoms with E-state index in [1.165, 1.54) is 5.52 Å². The van der Waals surface area contributed by atoms with Crippen molar-refractivity contribution in [3.63, 3.8) is 0 Å². The SMILES string of the molecule is CCn1ccc2cc(NC(=O)c3c(C)nn(C(C)(C)C)c3C)ccc21. The molecule has 0 aliphatic carbocycles. The number of fused-ring (bicyclic) bond motifs is 1. The van der Waals surface area contributed by atoms with Gasteiger partial charge in [0, 0.05) is 35.0 Å². The maximum Gasteiger partial charge on any atom is 0.259 e. The van der Waals surface area contributed by atoms with Crippen LogP contribution < -0.4 is 5.32 Å². The minimum Gasteiger partial charge on any atom is -0.348 e. The van der Waals surface area contributed by atoms with Crippen LogP contribution in [0.25, 0.3) is 10.9 Å². The molecule has 0 spiro atoms. The topological polar surface area (TPSA) is 51.9 Å². The quantitative estimate of drug-likeness (QED) is 0.765. The minimum atomic E-state index is -0.157. The molecule has 0 saturated carbocycles. The van der Waals surface area contributed by atoms with Gasteiger partial charge in [0.1, 0.15) is 0 Å². The average Bonchev–Trinajstić information content (AvgIpc) is 3.06. The number of nitrogens with one attached hydrogen (secondary N) is 1. The van der Waals surface area contributed by atoms with Crippen molar-refractivity contribution in [3.8, 4) is 0 Å². The Hall–Kier alpha value is -2.56. The predicted octanol–water partition coefficient (Wildman–Crippen LogP) is 4.48. The highest BCUT2D eigenvalue weighted by atomic mass is 16.1. The number of aromatic nitrogens is 3. The first-order chi connectivity index (χ1) is 11.7. The van der Waals surface area contributed by atoms with Crippen molar-refractivity contribution < 1.29 is 4.79 Å². The van der Waals surface area contributed by atoms with Crippen molar-refractivity contribution in [1.82, 2.24) is 14.3 Å². The lowest BCUT2D eigenvalue weighted by molar-refractivity contribution is 0.102. The molecule has 5 nitrogen and oxygen atoms in total. The Bertz CT molecular complexity index is 941. The van der Waals surface area contributed by atoms with Crippen LogP contribution in [0, 0.1) is 13.8 Å². The van der Waals surface area contributed by atoms with Crippen molar-refractivity contribution >= 4 is 22.5 Å². The number of hydrogen-bond donors (Lipinski definition) is 1. The highest BCUT2D eigenvalue weighted by Gasteiger charge is 2.24. The highest BCUT2D eigenvalue weighted by molar-refractivity contribution is 6.06. The molecule has 0 atom stereocenters. The van der Waals surface area contributed by atoms with Gasteiger partial charge in [-0.1, -0.05) is 0 Å². The summed E-state index contributed by atoms with van der Waals surface area (Å²) in [6.45, 7) is 13.1. The maximum absolute atomic E-state index is 12.8.